The van der Waals surface area contributed by atoms with E-state index in [4.69, 9.17) is 0 Å². The quantitative estimate of drug-likeness (QED) is 0.440. The Morgan fingerprint density at radius 3 is 2.31 bits per heavy atom. The second-order valence-electron chi connectivity index (χ2n) is 11.4. The van der Waals surface area contributed by atoms with Gasteiger partial charge in [-0.2, -0.15) is 13.2 Å². The van der Waals surface area contributed by atoms with Gasteiger partial charge >= 0.3 is 6.18 Å². The number of para-hydroxylation sites is 1. The van der Waals surface area contributed by atoms with Gasteiger partial charge in [0.2, 0.25) is 11.8 Å². The molecular formula is C29H32F5N3O2. The van der Waals surface area contributed by atoms with Crippen molar-refractivity contribution in [2.24, 2.45) is 11.3 Å². The molecule has 1 unspecified atom stereocenters. The molecule has 2 heterocycles. The fraction of sp³-hybridized carbons (Fsp3) is 0.517. The Morgan fingerprint density at radius 2 is 1.74 bits per heavy atom. The lowest BCUT2D eigenvalue weighted by Crippen LogP contribution is -2.50. The van der Waals surface area contributed by atoms with Crippen LogP contribution in [0.2, 0.25) is 0 Å². The summed E-state index contributed by atoms with van der Waals surface area (Å²) >= 11 is 0. The fourth-order valence-electron chi connectivity index (χ4n) is 6.05. The van der Waals surface area contributed by atoms with Gasteiger partial charge in [-0.3, -0.25) is 14.5 Å². The number of amides is 2. The standard InChI is InChI=1S/C29H32F5N3O2/c1-17-5-4-6-18(2)24(17)37-15-27(19(3)25(37)38,14-36-10-9-28(30,31)16-36)26(39)35-23-12-21(20-7-8-20)11-22(13-23)29(32,33)34/h4-6,11-13,19-20H,7-10,14-16H2,1-3H3,(H,35,39)/t19?,27-/m1/s1. The molecule has 10 heteroatoms. The van der Waals surface area contributed by atoms with Crippen molar-refractivity contribution in [3.63, 3.8) is 0 Å². The van der Waals surface area contributed by atoms with Crippen molar-refractivity contribution in [1.29, 1.82) is 0 Å². The molecule has 0 aromatic heterocycles. The van der Waals surface area contributed by atoms with Gasteiger partial charge in [0, 0.05) is 37.4 Å². The lowest BCUT2D eigenvalue weighted by Gasteiger charge is -2.34. The Morgan fingerprint density at radius 1 is 1.08 bits per heavy atom. The maximum Gasteiger partial charge on any atom is 0.416 e. The first-order valence-corrected chi connectivity index (χ1v) is 13.2. The van der Waals surface area contributed by atoms with Gasteiger partial charge in [0.05, 0.1) is 23.4 Å². The number of hydrogen-bond acceptors (Lipinski definition) is 3. The zero-order valence-corrected chi connectivity index (χ0v) is 22.2. The molecule has 210 valence electrons. The molecule has 5 rings (SSSR count). The molecule has 2 saturated heterocycles. The Bertz CT molecular complexity index is 1290. The smallest absolute Gasteiger partial charge is 0.325 e. The number of carbonyl (C=O) groups excluding carboxylic acids is 2. The summed E-state index contributed by atoms with van der Waals surface area (Å²) in [7, 11) is 0. The molecule has 0 radical (unpaired) electrons. The number of halogens is 5. The average Bonchev–Trinajstić information content (AvgIpc) is 3.60. The first kappa shape index (κ1) is 27.6. The molecule has 1 aliphatic carbocycles. The monoisotopic (exact) mass is 549 g/mol. The first-order chi connectivity index (χ1) is 18.2. The second kappa shape index (κ2) is 9.57. The van der Waals surface area contributed by atoms with Crippen LogP contribution in [0, 0.1) is 25.2 Å². The molecule has 39 heavy (non-hydrogen) atoms. The highest BCUT2D eigenvalue weighted by atomic mass is 19.4. The topological polar surface area (TPSA) is 52.6 Å². The van der Waals surface area contributed by atoms with E-state index in [-0.39, 0.29) is 43.6 Å². The second-order valence-corrected chi connectivity index (χ2v) is 11.4. The zero-order valence-electron chi connectivity index (χ0n) is 22.2. The van der Waals surface area contributed by atoms with E-state index in [1.165, 1.54) is 9.80 Å². The van der Waals surface area contributed by atoms with Crippen molar-refractivity contribution < 1.29 is 31.5 Å². The highest BCUT2D eigenvalue weighted by Crippen LogP contribution is 2.46. The summed E-state index contributed by atoms with van der Waals surface area (Å²) in [5.41, 5.74) is 0.487. The number of hydrogen-bond donors (Lipinski definition) is 1. The van der Waals surface area contributed by atoms with E-state index in [9.17, 15) is 31.5 Å². The number of likely N-dealkylation sites (tertiary alicyclic amines) is 1. The van der Waals surface area contributed by atoms with Crippen LogP contribution in [0.4, 0.5) is 33.3 Å². The van der Waals surface area contributed by atoms with Crippen molar-refractivity contribution in [2.75, 3.05) is 36.4 Å². The van der Waals surface area contributed by atoms with Gasteiger partial charge in [-0.15, -0.1) is 0 Å². The Balaban J connectivity index is 1.53. The van der Waals surface area contributed by atoms with Gasteiger partial charge in [-0.25, -0.2) is 8.78 Å². The van der Waals surface area contributed by atoms with Crippen LogP contribution in [-0.2, 0) is 15.8 Å². The molecule has 2 aliphatic heterocycles. The molecule has 1 saturated carbocycles. The molecule has 5 nitrogen and oxygen atoms in total. The molecule has 0 bridgehead atoms. The first-order valence-electron chi connectivity index (χ1n) is 13.2. The summed E-state index contributed by atoms with van der Waals surface area (Å²) < 4.78 is 69.3. The summed E-state index contributed by atoms with van der Waals surface area (Å²) in [5, 5.41) is 2.68. The summed E-state index contributed by atoms with van der Waals surface area (Å²) in [6, 6.07) is 9.11. The van der Waals surface area contributed by atoms with Crippen LogP contribution in [-0.4, -0.2) is 48.8 Å². The number of carbonyl (C=O) groups is 2. The van der Waals surface area contributed by atoms with Gasteiger partial charge in [0.1, 0.15) is 0 Å². The van der Waals surface area contributed by atoms with E-state index < -0.39 is 41.4 Å². The van der Waals surface area contributed by atoms with Gasteiger partial charge < -0.3 is 10.2 Å². The average molecular weight is 550 g/mol. The zero-order chi connectivity index (χ0) is 28.3. The molecule has 0 spiro atoms. The van der Waals surface area contributed by atoms with Crippen LogP contribution in [0.1, 0.15) is 54.4 Å². The summed E-state index contributed by atoms with van der Waals surface area (Å²) in [4.78, 5) is 30.7. The van der Waals surface area contributed by atoms with Crippen LogP contribution >= 0.6 is 0 Å². The molecule has 2 amide bonds. The van der Waals surface area contributed by atoms with E-state index in [2.05, 4.69) is 5.32 Å². The maximum atomic E-state index is 14.1. The van der Waals surface area contributed by atoms with Crippen LogP contribution in [0.5, 0.6) is 0 Å². The number of anilines is 2. The minimum atomic E-state index is -4.60. The number of nitrogens with one attached hydrogen (secondary N) is 1. The van der Waals surface area contributed by atoms with Crippen molar-refractivity contribution in [1.82, 2.24) is 4.90 Å². The van der Waals surface area contributed by atoms with E-state index in [0.29, 0.717) is 11.3 Å². The predicted octanol–water partition coefficient (Wildman–Crippen LogP) is 6.15. The van der Waals surface area contributed by atoms with E-state index in [1.807, 2.05) is 32.0 Å². The summed E-state index contributed by atoms with van der Waals surface area (Å²) in [5.74, 6) is -4.75. The van der Waals surface area contributed by atoms with Crippen LogP contribution in [0.3, 0.4) is 0 Å². The van der Waals surface area contributed by atoms with Crippen molar-refractivity contribution in [2.45, 2.75) is 58.1 Å². The molecule has 1 N–H and O–H groups in total. The molecule has 2 aromatic carbocycles. The van der Waals surface area contributed by atoms with Gasteiger partial charge in [0.25, 0.3) is 5.92 Å². The molecule has 3 aliphatic rings. The highest BCUT2D eigenvalue weighted by molar-refractivity contribution is 6.08. The Hall–Kier alpha value is -3.01. The lowest BCUT2D eigenvalue weighted by atomic mass is 9.77. The minimum absolute atomic E-state index is 0.00646. The van der Waals surface area contributed by atoms with Crippen molar-refractivity contribution in [3.8, 4) is 0 Å². The van der Waals surface area contributed by atoms with Gasteiger partial charge in [-0.1, -0.05) is 25.1 Å². The maximum absolute atomic E-state index is 14.1. The predicted molar refractivity (Wildman–Crippen MR) is 138 cm³/mol. The normalized spacial score (nSPS) is 25.4. The lowest BCUT2D eigenvalue weighted by molar-refractivity contribution is -0.137. The highest BCUT2D eigenvalue weighted by Gasteiger charge is 2.57. The van der Waals surface area contributed by atoms with E-state index in [0.717, 1.165) is 36.1 Å². The molecule has 2 atom stereocenters. The van der Waals surface area contributed by atoms with Crippen molar-refractivity contribution in [3.05, 3.63) is 58.7 Å². The summed E-state index contributed by atoms with van der Waals surface area (Å²) in [6.07, 6.45) is -3.40. The van der Waals surface area contributed by atoms with Crippen LogP contribution < -0.4 is 10.2 Å². The third kappa shape index (κ3) is 5.27. The number of nitrogens with zero attached hydrogens (tertiary/aromatic N) is 2. The van der Waals surface area contributed by atoms with Gasteiger partial charge in [-0.05, 0) is 67.5 Å². The molecular weight excluding hydrogens is 517 g/mol. The largest absolute Gasteiger partial charge is 0.416 e. The van der Waals surface area contributed by atoms with Gasteiger partial charge in [0.15, 0.2) is 0 Å². The number of aryl methyl sites for hydroxylation is 2. The Kier molecular flexibility index (Phi) is 6.76. The van der Waals surface area contributed by atoms with E-state index in [1.54, 1.807) is 13.0 Å². The molecule has 2 aromatic rings. The number of rotatable bonds is 6. The van der Waals surface area contributed by atoms with E-state index >= 15 is 0 Å². The SMILES string of the molecule is Cc1cccc(C)c1N1C[C@@](CN2CCC(F)(F)C2)(C(=O)Nc2cc(C3CC3)cc(C(F)(F)F)c2)C(C)C1=O. The minimum Gasteiger partial charge on any atom is -0.325 e. The third-order valence-corrected chi connectivity index (χ3v) is 8.41. The van der Waals surface area contributed by atoms with Crippen LogP contribution in [0.15, 0.2) is 36.4 Å². The fourth-order valence-corrected chi connectivity index (χ4v) is 6.05. The number of benzene rings is 2. The third-order valence-electron chi connectivity index (χ3n) is 8.41. The Labute approximate surface area is 224 Å². The summed E-state index contributed by atoms with van der Waals surface area (Å²) in [6.45, 7) is 4.64. The van der Waals surface area contributed by atoms with Crippen molar-refractivity contribution >= 4 is 23.2 Å². The number of alkyl halides is 5. The molecule has 3 fully saturated rings. The van der Waals surface area contributed by atoms with Crippen LogP contribution in [0.25, 0.3) is 0 Å².